The third-order valence-corrected chi connectivity index (χ3v) is 3.35. The smallest absolute Gasteiger partial charge is 0.148 e. The lowest BCUT2D eigenvalue weighted by atomic mass is 10.2. The Labute approximate surface area is 124 Å². The van der Waals surface area contributed by atoms with Crippen LogP contribution in [0.25, 0.3) is 0 Å². The van der Waals surface area contributed by atoms with Crippen LogP contribution in [0.1, 0.15) is 12.8 Å². The molecule has 0 bridgehead atoms. The zero-order valence-corrected chi connectivity index (χ0v) is 12.3. The average molecular weight is 291 g/mol. The molecule has 0 spiro atoms. The number of anilines is 2. The molecule has 4 nitrogen and oxygen atoms in total. The molecule has 0 aliphatic carbocycles. The molecule has 0 unspecified atom stereocenters. The van der Waals surface area contributed by atoms with Crippen LogP contribution in [-0.4, -0.2) is 30.1 Å². The third kappa shape index (κ3) is 4.38. The highest BCUT2D eigenvalue weighted by molar-refractivity contribution is 6.32. The van der Waals surface area contributed by atoms with Crippen molar-refractivity contribution in [3.05, 3.63) is 47.9 Å². The van der Waals surface area contributed by atoms with E-state index in [1.807, 2.05) is 6.07 Å². The van der Waals surface area contributed by atoms with Crippen molar-refractivity contribution in [1.82, 2.24) is 9.97 Å². The van der Waals surface area contributed by atoms with Gasteiger partial charge in [-0.2, -0.15) is 0 Å². The lowest BCUT2D eigenvalue weighted by molar-refractivity contribution is 0.741. The van der Waals surface area contributed by atoms with E-state index in [0.29, 0.717) is 10.8 Å². The van der Waals surface area contributed by atoms with Crippen LogP contribution in [0.5, 0.6) is 0 Å². The van der Waals surface area contributed by atoms with E-state index in [1.54, 1.807) is 6.20 Å². The van der Waals surface area contributed by atoms with Crippen LogP contribution in [0.2, 0.25) is 5.02 Å². The van der Waals surface area contributed by atoms with E-state index in [2.05, 4.69) is 51.5 Å². The second-order valence-corrected chi connectivity index (χ2v) is 5.02. The number of aromatic nitrogens is 2. The molecule has 0 radical (unpaired) electrons. The largest absolute Gasteiger partial charge is 0.375 e. The number of nitrogens with zero attached hydrogens (tertiary/aromatic N) is 3. The molecule has 1 N–H and O–H groups in total. The summed E-state index contributed by atoms with van der Waals surface area (Å²) >= 11 is 5.97. The van der Waals surface area contributed by atoms with E-state index in [0.717, 1.165) is 25.9 Å². The molecule has 1 heterocycles. The second kappa shape index (κ2) is 7.70. The zero-order valence-electron chi connectivity index (χ0n) is 11.6. The molecule has 2 rings (SSSR count). The first-order valence-electron chi connectivity index (χ1n) is 6.73. The first-order chi connectivity index (χ1) is 9.77. The molecule has 5 heteroatoms. The molecule has 0 fully saturated rings. The Bertz CT molecular complexity index is 518. The number of nitrogens with one attached hydrogen (secondary N) is 1. The van der Waals surface area contributed by atoms with Crippen LogP contribution in [0.4, 0.5) is 11.5 Å². The fraction of sp³-hybridized carbons (Fsp3) is 0.333. The molecule has 1 aromatic heterocycles. The summed E-state index contributed by atoms with van der Waals surface area (Å²) in [5, 5.41) is 3.79. The number of benzene rings is 1. The van der Waals surface area contributed by atoms with Gasteiger partial charge in [-0.15, -0.1) is 0 Å². The molecule has 0 saturated carbocycles. The van der Waals surface area contributed by atoms with E-state index < -0.39 is 0 Å². The fourth-order valence-corrected chi connectivity index (χ4v) is 2.11. The molecule has 1 aromatic carbocycles. The Morgan fingerprint density at radius 2 is 2.00 bits per heavy atom. The van der Waals surface area contributed by atoms with Crippen LogP contribution in [0.3, 0.4) is 0 Å². The molecule has 2 aromatic rings. The third-order valence-electron chi connectivity index (χ3n) is 3.08. The van der Waals surface area contributed by atoms with Gasteiger partial charge in [0.25, 0.3) is 0 Å². The molecule has 0 saturated heterocycles. The summed E-state index contributed by atoms with van der Waals surface area (Å²) in [7, 11) is 2.12. The Morgan fingerprint density at radius 1 is 1.20 bits per heavy atom. The van der Waals surface area contributed by atoms with Crippen molar-refractivity contribution in [1.29, 1.82) is 0 Å². The minimum Gasteiger partial charge on any atom is -0.375 e. The molecule has 20 heavy (non-hydrogen) atoms. The average Bonchev–Trinajstić information content (AvgIpc) is 2.49. The minimum atomic E-state index is 0.564. The van der Waals surface area contributed by atoms with Gasteiger partial charge in [-0.1, -0.05) is 29.8 Å². The molecular formula is C15H19ClN4. The van der Waals surface area contributed by atoms with Crippen LogP contribution in [0.15, 0.2) is 42.9 Å². The van der Waals surface area contributed by atoms with E-state index in [9.17, 15) is 0 Å². The summed E-state index contributed by atoms with van der Waals surface area (Å²) in [5.41, 5.74) is 1.25. The maximum absolute atomic E-state index is 5.97. The van der Waals surface area contributed by atoms with Gasteiger partial charge >= 0.3 is 0 Å². The summed E-state index contributed by atoms with van der Waals surface area (Å²) in [5.74, 6) is 0.707. The fourth-order valence-electron chi connectivity index (χ4n) is 1.94. The van der Waals surface area contributed by atoms with Gasteiger partial charge in [0.1, 0.15) is 17.2 Å². The number of hydrogen-bond donors (Lipinski definition) is 1. The Balaban J connectivity index is 1.66. The molecule has 0 aliphatic heterocycles. The Kier molecular flexibility index (Phi) is 5.62. The highest BCUT2D eigenvalue weighted by atomic mass is 35.5. The predicted octanol–water partition coefficient (Wildman–Crippen LogP) is 3.46. The summed E-state index contributed by atoms with van der Waals surface area (Å²) in [6, 6.07) is 10.4. The van der Waals surface area contributed by atoms with Crippen LogP contribution in [0, 0.1) is 0 Å². The molecule has 106 valence electrons. The monoisotopic (exact) mass is 290 g/mol. The van der Waals surface area contributed by atoms with E-state index >= 15 is 0 Å². The number of unbranched alkanes of at least 4 members (excludes halogenated alkanes) is 1. The highest BCUT2D eigenvalue weighted by Gasteiger charge is 2.01. The van der Waals surface area contributed by atoms with E-state index in [-0.39, 0.29) is 0 Å². The summed E-state index contributed by atoms with van der Waals surface area (Å²) in [4.78, 5) is 10.2. The SMILES string of the molecule is CN(CCCCNc1ncncc1Cl)c1ccccc1. The van der Waals surface area contributed by atoms with Gasteiger partial charge in [-0.25, -0.2) is 9.97 Å². The van der Waals surface area contributed by atoms with Crippen LogP contribution >= 0.6 is 11.6 Å². The number of para-hydroxylation sites is 1. The van der Waals surface area contributed by atoms with Crippen LogP contribution in [-0.2, 0) is 0 Å². The van der Waals surface area contributed by atoms with Crippen LogP contribution < -0.4 is 10.2 Å². The lowest BCUT2D eigenvalue weighted by Gasteiger charge is -2.19. The van der Waals surface area contributed by atoms with E-state index in [4.69, 9.17) is 11.6 Å². The molecule has 0 aliphatic rings. The van der Waals surface area contributed by atoms with Gasteiger partial charge in [0.05, 0.1) is 6.20 Å². The first kappa shape index (κ1) is 14.6. The number of halogens is 1. The van der Waals surface area contributed by atoms with Gasteiger partial charge in [0.2, 0.25) is 0 Å². The molecule has 0 atom stereocenters. The maximum atomic E-state index is 5.97. The number of hydrogen-bond acceptors (Lipinski definition) is 4. The van der Waals surface area contributed by atoms with Crippen molar-refractivity contribution in [3.8, 4) is 0 Å². The summed E-state index contributed by atoms with van der Waals surface area (Å²) in [6.07, 6.45) is 5.27. The maximum Gasteiger partial charge on any atom is 0.148 e. The van der Waals surface area contributed by atoms with Crippen molar-refractivity contribution in [2.24, 2.45) is 0 Å². The lowest BCUT2D eigenvalue weighted by Crippen LogP contribution is -2.19. The normalized spacial score (nSPS) is 10.3. The molecular weight excluding hydrogens is 272 g/mol. The van der Waals surface area contributed by atoms with Crippen molar-refractivity contribution < 1.29 is 0 Å². The van der Waals surface area contributed by atoms with E-state index in [1.165, 1.54) is 12.0 Å². The number of rotatable bonds is 7. The summed E-state index contributed by atoms with van der Waals surface area (Å²) < 4.78 is 0. The Hall–Kier alpha value is -1.81. The Morgan fingerprint density at radius 3 is 2.75 bits per heavy atom. The summed E-state index contributed by atoms with van der Waals surface area (Å²) in [6.45, 7) is 1.89. The second-order valence-electron chi connectivity index (χ2n) is 4.61. The van der Waals surface area contributed by atoms with Crippen molar-refractivity contribution in [2.75, 3.05) is 30.4 Å². The highest BCUT2D eigenvalue weighted by Crippen LogP contribution is 2.16. The molecule has 0 amide bonds. The quantitative estimate of drug-likeness (QED) is 0.793. The zero-order chi connectivity index (χ0) is 14.2. The first-order valence-corrected chi connectivity index (χ1v) is 7.11. The van der Waals surface area contributed by atoms with Crippen molar-refractivity contribution in [3.63, 3.8) is 0 Å². The topological polar surface area (TPSA) is 41.0 Å². The standard InChI is InChI=1S/C15H19ClN4/c1-20(13-7-3-2-4-8-13)10-6-5-9-18-15-14(16)11-17-12-19-15/h2-4,7-8,11-12H,5-6,9-10H2,1H3,(H,17,18,19). The van der Waals surface area contributed by atoms with Crippen molar-refractivity contribution in [2.45, 2.75) is 12.8 Å². The van der Waals surface area contributed by atoms with Gasteiger partial charge in [0, 0.05) is 25.8 Å². The van der Waals surface area contributed by atoms with Gasteiger partial charge in [-0.3, -0.25) is 0 Å². The minimum absolute atomic E-state index is 0.564. The van der Waals surface area contributed by atoms with Gasteiger partial charge < -0.3 is 10.2 Å². The van der Waals surface area contributed by atoms with Gasteiger partial charge in [-0.05, 0) is 25.0 Å². The van der Waals surface area contributed by atoms with Gasteiger partial charge in [0.15, 0.2) is 0 Å². The van der Waals surface area contributed by atoms with Crippen molar-refractivity contribution >= 4 is 23.1 Å². The predicted molar refractivity (Wildman–Crippen MR) is 84.5 cm³/mol.